The third kappa shape index (κ3) is 5.72. The number of rotatable bonds is 6. The highest BCUT2D eigenvalue weighted by atomic mass is 32.2. The second-order valence-electron chi connectivity index (χ2n) is 6.91. The van der Waals surface area contributed by atoms with Crippen molar-refractivity contribution in [1.82, 2.24) is 0 Å². The van der Waals surface area contributed by atoms with Gasteiger partial charge in [-0.2, -0.15) is 0 Å². The average molecular weight is 405 g/mol. The van der Waals surface area contributed by atoms with Crippen LogP contribution in [0.1, 0.15) is 28.4 Å². The largest absolute Gasteiger partial charge is 0.325 e. The lowest BCUT2D eigenvalue weighted by atomic mass is 10.1. The Morgan fingerprint density at radius 1 is 0.862 bits per heavy atom. The fourth-order valence-corrected chi connectivity index (χ4v) is 3.68. The number of anilines is 2. The summed E-state index contributed by atoms with van der Waals surface area (Å²) >= 11 is 1.48. The summed E-state index contributed by atoms with van der Waals surface area (Å²) in [6, 6.07) is 22.7. The van der Waals surface area contributed by atoms with Crippen LogP contribution in [0.15, 0.2) is 77.7 Å². The van der Waals surface area contributed by atoms with E-state index in [0.717, 1.165) is 27.4 Å². The molecule has 148 valence electrons. The van der Waals surface area contributed by atoms with E-state index >= 15 is 0 Å². The van der Waals surface area contributed by atoms with Crippen molar-refractivity contribution in [1.29, 1.82) is 0 Å². The number of amides is 2. The number of para-hydroxylation sites is 1. The molecule has 3 aromatic rings. The van der Waals surface area contributed by atoms with Gasteiger partial charge in [0.1, 0.15) is 0 Å². The zero-order valence-corrected chi connectivity index (χ0v) is 17.5. The van der Waals surface area contributed by atoms with E-state index in [2.05, 4.69) is 10.6 Å². The molecule has 0 saturated heterocycles. The van der Waals surface area contributed by atoms with Crippen molar-refractivity contribution in [2.45, 2.75) is 30.9 Å². The molecule has 1 unspecified atom stereocenters. The van der Waals surface area contributed by atoms with Crippen LogP contribution < -0.4 is 10.6 Å². The minimum Gasteiger partial charge on any atom is -0.325 e. The highest BCUT2D eigenvalue weighted by Gasteiger charge is 2.15. The Hall–Kier alpha value is -3.05. The second kappa shape index (κ2) is 9.43. The lowest BCUT2D eigenvalue weighted by molar-refractivity contribution is -0.115. The predicted octanol–water partition coefficient (Wildman–Crippen LogP) is 5.68. The van der Waals surface area contributed by atoms with Crippen LogP contribution in [-0.4, -0.2) is 17.1 Å². The molecule has 0 saturated carbocycles. The molecule has 0 heterocycles. The number of nitrogens with one attached hydrogen (secondary N) is 2. The van der Waals surface area contributed by atoms with Gasteiger partial charge in [-0.15, -0.1) is 11.8 Å². The van der Waals surface area contributed by atoms with E-state index in [1.807, 2.05) is 87.5 Å². The van der Waals surface area contributed by atoms with Crippen molar-refractivity contribution in [2.75, 3.05) is 10.6 Å². The molecular weight excluding hydrogens is 380 g/mol. The van der Waals surface area contributed by atoms with E-state index in [9.17, 15) is 9.59 Å². The number of aryl methyl sites for hydroxylation is 2. The third-order valence-corrected chi connectivity index (χ3v) is 5.59. The van der Waals surface area contributed by atoms with Crippen LogP contribution in [0.25, 0.3) is 0 Å². The quantitative estimate of drug-likeness (QED) is 0.520. The number of carbonyl (C=O) groups is 2. The van der Waals surface area contributed by atoms with Gasteiger partial charge in [-0.25, -0.2) is 0 Å². The number of thioether (sulfide) groups is 1. The fraction of sp³-hybridized carbons (Fsp3) is 0.167. The van der Waals surface area contributed by atoms with E-state index in [0.29, 0.717) is 5.56 Å². The molecule has 4 nitrogen and oxygen atoms in total. The molecule has 0 fully saturated rings. The number of hydrogen-bond donors (Lipinski definition) is 2. The van der Waals surface area contributed by atoms with E-state index in [-0.39, 0.29) is 17.1 Å². The summed E-state index contributed by atoms with van der Waals surface area (Å²) in [5.74, 6) is -0.179. The van der Waals surface area contributed by atoms with Gasteiger partial charge in [0.2, 0.25) is 5.91 Å². The molecule has 29 heavy (non-hydrogen) atoms. The molecule has 0 aliphatic rings. The van der Waals surface area contributed by atoms with Crippen molar-refractivity contribution in [3.63, 3.8) is 0 Å². The molecule has 0 radical (unpaired) electrons. The molecule has 5 heteroatoms. The van der Waals surface area contributed by atoms with Crippen LogP contribution >= 0.6 is 11.8 Å². The summed E-state index contributed by atoms with van der Waals surface area (Å²) < 4.78 is 0. The summed E-state index contributed by atoms with van der Waals surface area (Å²) in [5.41, 5.74) is 4.26. The first-order valence-electron chi connectivity index (χ1n) is 9.43. The van der Waals surface area contributed by atoms with Gasteiger partial charge in [-0.3, -0.25) is 9.59 Å². The van der Waals surface area contributed by atoms with Crippen LogP contribution in [0.4, 0.5) is 11.4 Å². The first-order chi connectivity index (χ1) is 13.9. The molecule has 0 bridgehead atoms. The average Bonchev–Trinajstić information content (AvgIpc) is 2.71. The molecule has 0 spiro atoms. The second-order valence-corrected chi connectivity index (χ2v) is 8.33. The molecular formula is C24H24N2O2S. The monoisotopic (exact) mass is 404 g/mol. The SMILES string of the molecule is Cc1cccc(C(=O)Nc2ccc(SC(C)C(=O)Nc3ccccc3C)cc2)c1. The zero-order chi connectivity index (χ0) is 20.8. The highest BCUT2D eigenvalue weighted by molar-refractivity contribution is 8.00. The van der Waals surface area contributed by atoms with Gasteiger partial charge in [0.25, 0.3) is 5.91 Å². The lowest BCUT2D eigenvalue weighted by Gasteiger charge is -2.14. The lowest BCUT2D eigenvalue weighted by Crippen LogP contribution is -2.22. The smallest absolute Gasteiger partial charge is 0.255 e. The topological polar surface area (TPSA) is 58.2 Å². The van der Waals surface area contributed by atoms with Gasteiger partial charge in [0.15, 0.2) is 0 Å². The molecule has 3 rings (SSSR count). The van der Waals surface area contributed by atoms with Crippen LogP contribution in [0, 0.1) is 13.8 Å². The Morgan fingerprint density at radius 2 is 1.59 bits per heavy atom. The highest BCUT2D eigenvalue weighted by Crippen LogP contribution is 2.26. The summed E-state index contributed by atoms with van der Waals surface area (Å²) in [6.07, 6.45) is 0. The van der Waals surface area contributed by atoms with Crippen LogP contribution in [0.3, 0.4) is 0 Å². The van der Waals surface area contributed by atoms with Crippen molar-refractivity contribution in [3.8, 4) is 0 Å². The van der Waals surface area contributed by atoms with Crippen molar-refractivity contribution >= 4 is 35.0 Å². The summed E-state index contributed by atoms with van der Waals surface area (Å²) in [5, 5.41) is 5.63. The first-order valence-corrected chi connectivity index (χ1v) is 10.3. The zero-order valence-electron chi connectivity index (χ0n) is 16.7. The van der Waals surface area contributed by atoms with E-state index in [1.165, 1.54) is 11.8 Å². The Labute approximate surface area is 175 Å². The maximum atomic E-state index is 12.5. The molecule has 2 N–H and O–H groups in total. The van der Waals surface area contributed by atoms with Gasteiger partial charge in [-0.05, 0) is 68.8 Å². The number of carbonyl (C=O) groups excluding carboxylic acids is 2. The molecule has 0 aromatic heterocycles. The van der Waals surface area contributed by atoms with Gasteiger partial charge >= 0.3 is 0 Å². The number of benzene rings is 3. The number of hydrogen-bond acceptors (Lipinski definition) is 3. The summed E-state index contributed by atoms with van der Waals surface area (Å²) in [6.45, 7) is 5.81. The van der Waals surface area contributed by atoms with E-state index < -0.39 is 0 Å². The minimum atomic E-state index is -0.248. The van der Waals surface area contributed by atoms with Gasteiger partial charge in [0, 0.05) is 21.8 Å². The normalized spacial score (nSPS) is 11.6. The van der Waals surface area contributed by atoms with Crippen LogP contribution in [0.5, 0.6) is 0 Å². The summed E-state index contributed by atoms with van der Waals surface area (Å²) in [7, 11) is 0. The van der Waals surface area contributed by atoms with Crippen molar-refractivity contribution < 1.29 is 9.59 Å². The Kier molecular flexibility index (Phi) is 6.73. The van der Waals surface area contributed by atoms with Crippen molar-refractivity contribution in [3.05, 3.63) is 89.5 Å². The van der Waals surface area contributed by atoms with E-state index in [1.54, 1.807) is 6.07 Å². The van der Waals surface area contributed by atoms with Gasteiger partial charge < -0.3 is 10.6 Å². The Balaban J connectivity index is 1.57. The van der Waals surface area contributed by atoms with Gasteiger partial charge in [-0.1, -0.05) is 35.9 Å². The Bertz CT molecular complexity index is 1020. The Morgan fingerprint density at radius 3 is 2.28 bits per heavy atom. The standard InChI is InChI=1S/C24H24N2O2S/c1-16-7-6-9-19(15-16)24(28)25-20-11-13-21(14-12-20)29-18(3)23(27)26-22-10-5-4-8-17(22)2/h4-15,18H,1-3H3,(H,25,28)(H,26,27). The molecule has 0 aliphatic carbocycles. The van der Waals surface area contributed by atoms with Gasteiger partial charge in [0.05, 0.1) is 5.25 Å². The predicted molar refractivity (Wildman–Crippen MR) is 121 cm³/mol. The summed E-state index contributed by atoms with van der Waals surface area (Å²) in [4.78, 5) is 25.8. The van der Waals surface area contributed by atoms with Crippen LogP contribution in [0.2, 0.25) is 0 Å². The molecule has 3 aromatic carbocycles. The maximum absolute atomic E-state index is 12.5. The van der Waals surface area contributed by atoms with E-state index in [4.69, 9.17) is 0 Å². The molecule has 0 aliphatic heterocycles. The molecule has 2 amide bonds. The van der Waals surface area contributed by atoms with Crippen LogP contribution in [-0.2, 0) is 4.79 Å². The minimum absolute atomic E-state index is 0.0406. The maximum Gasteiger partial charge on any atom is 0.255 e. The third-order valence-electron chi connectivity index (χ3n) is 4.48. The first kappa shape index (κ1) is 20.7. The van der Waals surface area contributed by atoms with Crippen molar-refractivity contribution in [2.24, 2.45) is 0 Å². The molecule has 1 atom stereocenters. The fourth-order valence-electron chi connectivity index (χ4n) is 2.81.